The Morgan fingerprint density at radius 2 is 2.20 bits per heavy atom. The van der Waals surface area contributed by atoms with Crippen LogP contribution >= 0.6 is 0 Å². The molecule has 6 nitrogen and oxygen atoms in total. The minimum absolute atomic E-state index is 0.0194. The number of nitrogens with one attached hydrogen (secondary N) is 1. The number of rotatable bonds is 3. The molecule has 2 aromatic rings. The summed E-state index contributed by atoms with van der Waals surface area (Å²) in [5, 5.41) is 3.29. The fourth-order valence-corrected chi connectivity index (χ4v) is 2.30. The molecule has 0 saturated carbocycles. The Hall–Kier alpha value is -2.50. The maximum absolute atomic E-state index is 12.3. The molecule has 1 aliphatic rings. The van der Waals surface area contributed by atoms with Crippen molar-refractivity contribution in [3.05, 3.63) is 48.7 Å². The lowest BCUT2D eigenvalue weighted by atomic mass is 10.2. The lowest BCUT2D eigenvalue weighted by molar-refractivity contribution is 0.0786. The maximum atomic E-state index is 12.3. The van der Waals surface area contributed by atoms with Crippen LogP contribution in [-0.4, -0.2) is 44.9 Å². The van der Waals surface area contributed by atoms with Gasteiger partial charge in [-0.25, -0.2) is 4.98 Å². The van der Waals surface area contributed by atoms with Crippen LogP contribution in [0.25, 0.3) is 0 Å². The first-order valence-corrected chi connectivity index (χ1v) is 6.56. The monoisotopic (exact) mass is 269 g/mol. The van der Waals surface area contributed by atoms with Crippen LogP contribution in [0.1, 0.15) is 16.9 Å². The van der Waals surface area contributed by atoms with Crippen molar-refractivity contribution in [1.82, 2.24) is 19.9 Å². The smallest absolute Gasteiger partial charge is 0.272 e. The van der Waals surface area contributed by atoms with Gasteiger partial charge >= 0.3 is 0 Å². The van der Waals surface area contributed by atoms with Crippen molar-refractivity contribution in [2.45, 2.75) is 12.5 Å². The second kappa shape index (κ2) is 5.64. The van der Waals surface area contributed by atoms with Crippen molar-refractivity contribution < 1.29 is 4.79 Å². The van der Waals surface area contributed by atoms with Gasteiger partial charge in [0.1, 0.15) is 11.5 Å². The third-order valence-corrected chi connectivity index (χ3v) is 3.27. The van der Waals surface area contributed by atoms with Gasteiger partial charge in [-0.15, -0.1) is 0 Å². The molecular weight excluding hydrogens is 254 g/mol. The standard InChI is InChI=1S/C14H15N5O/c20-14(12-3-1-2-5-16-12)19-8-4-11(10-19)18-13-9-15-6-7-17-13/h1-3,5-7,9,11H,4,8,10H2,(H,17,18). The second-order valence-corrected chi connectivity index (χ2v) is 4.69. The number of pyridine rings is 1. The van der Waals surface area contributed by atoms with Gasteiger partial charge in [0.2, 0.25) is 0 Å². The predicted octanol–water partition coefficient (Wildman–Crippen LogP) is 1.20. The van der Waals surface area contributed by atoms with Gasteiger partial charge < -0.3 is 10.2 Å². The van der Waals surface area contributed by atoms with Crippen molar-refractivity contribution in [3.63, 3.8) is 0 Å². The van der Waals surface area contributed by atoms with E-state index in [4.69, 9.17) is 0 Å². The van der Waals surface area contributed by atoms with E-state index in [2.05, 4.69) is 20.3 Å². The van der Waals surface area contributed by atoms with Crippen LogP contribution in [0.3, 0.4) is 0 Å². The Balaban J connectivity index is 1.61. The van der Waals surface area contributed by atoms with E-state index in [9.17, 15) is 4.79 Å². The Morgan fingerprint density at radius 3 is 2.95 bits per heavy atom. The van der Waals surface area contributed by atoms with E-state index in [1.165, 1.54) is 0 Å². The van der Waals surface area contributed by atoms with Gasteiger partial charge in [-0.05, 0) is 18.6 Å². The molecule has 0 radical (unpaired) electrons. The quantitative estimate of drug-likeness (QED) is 0.906. The number of likely N-dealkylation sites (tertiary alicyclic amines) is 1. The Morgan fingerprint density at radius 1 is 1.25 bits per heavy atom. The van der Waals surface area contributed by atoms with E-state index in [1.807, 2.05) is 11.0 Å². The van der Waals surface area contributed by atoms with E-state index < -0.39 is 0 Å². The zero-order chi connectivity index (χ0) is 13.8. The normalized spacial score (nSPS) is 18.0. The molecule has 0 aromatic carbocycles. The van der Waals surface area contributed by atoms with Crippen molar-refractivity contribution in [2.75, 3.05) is 18.4 Å². The van der Waals surface area contributed by atoms with Crippen molar-refractivity contribution in [2.24, 2.45) is 0 Å². The summed E-state index contributed by atoms with van der Waals surface area (Å²) in [7, 11) is 0. The van der Waals surface area contributed by atoms with Gasteiger partial charge in [0.15, 0.2) is 0 Å². The van der Waals surface area contributed by atoms with Crippen LogP contribution in [0.2, 0.25) is 0 Å². The summed E-state index contributed by atoms with van der Waals surface area (Å²) in [5.74, 6) is 0.721. The van der Waals surface area contributed by atoms with Gasteiger partial charge in [0.25, 0.3) is 5.91 Å². The summed E-state index contributed by atoms with van der Waals surface area (Å²) in [5.41, 5.74) is 0.493. The Bertz CT molecular complexity index is 575. The molecule has 1 atom stereocenters. The molecule has 20 heavy (non-hydrogen) atoms. The first-order chi connectivity index (χ1) is 9.83. The van der Waals surface area contributed by atoms with E-state index in [-0.39, 0.29) is 11.9 Å². The second-order valence-electron chi connectivity index (χ2n) is 4.69. The maximum Gasteiger partial charge on any atom is 0.272 e. The minimum Gasteiger partial charge on any atom is -0.364 e. The Labute approximate surface area is 116 Å². The van der Waals surface area contributed by atoms with Crippen LogP contribution in [0.5, 0.6) is 0 Å². The highest BCUT2D eigenvalue weighted by molar-refractivity contribution is 5.92. The minimum atomic E-state index is -0.0194. The molecule has 3 heterocycles. The van der Waals surface area contributed by atoms with E-state index in [0.717, 1.165) is 18.8 Å². The number of carbonyl (C=O) groups is 1. The van der Waals surface area contributed by atoms with Crippen LogP contribution in [0.15, 0.2) is 43.0 Å². The molecular formula is C14H15N5O. The summed E-state index contributed by atoms with van der Waals surface area (Å²) in [6, 6.07) is 5.58. The van der Waals surface area contributed by atoms with E-state index in [0.29, 0.717) is 12.2 Å². The molecule has 0 bridgehead atoms. The zero-order valence-corrected chi connectivity index (χ0v) is 10.9. The molecule has 1 amide bonds. The summed E-state index contributed by atoms with van der Waals surface area (Å²) >= 11 is 0. The van der Waals surface area contributed by atoms with Crippen LogP contribution in [0.4, 0.5) is 5.82 Å². The van der Waals surface area contributed by atoms with E-state index in [1.54, 1.807) is 36.9 Å². The lowest BCUT2D eigenvalue weighted by Gasteiger charge is -2.16. The molecule has 6 heteroatoms. The van der Waals surface area contributed by atoms with Crippen molar-refractivity contribution >= 4 is 11.7 Å². The van der Waals surface area contributed by atoms with Gasteiger partial charge in [0.05, 0.1) is 6.20 Å². The first kappa shape index (κ1) is 12.5. The highest BCUT2D eigenvalue weighted by atomic mass is 16.2. The summed E-state index contributed by atoms with van der Waals surface area (Å²) in [4.78, 5) is 26.4. The summed E-state index contributed by atoms with van der Waals surface area (Å²) < 4.78 is 0. The molecule has 0 spiro atoms. The average Bonchev–Trinajstić information content (AvgIpc) is 2.97. The molecule has 1 N–H and O–H groups in total. The largest absolute Gasteiger partial charge is 0.364 e. The molecule has 1 aliphatic heterocycles. The zero-order valence-electron chi connectivity index (χ0n) is 10.9. The Kier molecular flexibility index (Phi) is 3.54. The molecule has 2 aromatic heterocycles. The highest BCUT2D eigenvalue weighted by Crippen LogP contribution is 2.15. The van der Waals surface area contributed by atoms with Crippen LogP contribution in [0, 0.1) is 0 Å². The number of hydrogen-bond acceptors (Lipinski definition) is 5. The fourth-order valence-electron chi connectivity index (χ4n) is 2.30. The summed E-state index contributed by atoms with van der Waals surface area (Å²) in [6.45, 7) is 1.39. The third-order valence-electron chi connectivity index (χ3n) is 3.27. The molecule has 3 rings (SSSR count). The third kappa shape index (κ3) is 2.74. The number of nitrogens with zero attached hydrogens (tertiary/aromatic N) is 4. The number of aromatic nitrogens is 3. The molecule has 1 saturated heterocycles. The highest BCUT2D eigenvalue weighted by Gasteiger charge is 2.27. The van der Waals surface area contributed by atoms with E-state index >= 15 is 0 Å². The van der Waals surface area contributed by atoms with Crippen molar-refractivity contribution in [3.8, 4) is 0 Å². The topological polar surface area (TPSA) is 71.0 Å². The average molecular weight is 269 g/mol. The SMILES string of the molecule is O=C(c1ccccn1)N1CCC(Nc2cnccn2)C1. The molecule has 0 aliphatic carbocycles. The van der Waals surface area contributed by atoms with Crippen LogP contribution < -0.4 is 5.32 Å². The van der Waals surface area contributed by atoms with Gasteiger partial charge in [-0.3, -0.25) is 14.8 Å². The number of carbonyl (C=O) groups excluding carboxylic acids is 1. The molecule has 102 valence electrons. The number of hydrogen-bond donors (Lipinski definition) is 1. The van der Waals surface area contributed by atoms with Gasteiger partial charge in [-0.1, -0.05) is 6.07 Å². The summed E-state index contributed by atoms with van der Waals surface area (Å²) in [6.07, 6.45) is 7.50. The van der Waals surface area contributed by atoms with Gasteiger partial charge in [0, 0.05) is 37.7 Å². The predicted molar refractivity (Wildman–Crippen MR) is 74.2 cm³/mol. The van der Waals surface area contributed by atoms with Crippen molar-refractivity contribution in [1.29, 1.82) is 0 Å². The molecule has 1 unspecified atom stereocenters. The lowest BCUT2D eigenvalue weighted by Crippen LogP contribution is -2.32. The fraction of sp³-hybridized carbons (Fsp3) is 0.286. The van der Waals surface area contributed by atoms with Crippen LogP contribution in [-0.2, 0) is 0 Å². The molecule has 1 fully saturated rings. The van der Waals surface area contributed by atoms with Gasteiger partial charge in [-0.2, -0.15) is 0 Å². The number of anilines is 1. The number of amides is 1. The first-order valence-electron chi connectivity index (χ1n) is 6.56.